The molecule has 2 atom stereocenters. The molecule has 146 valence electrons. The van der Waals surface area contributed by atoms with Gasteiger partial charge in [0, 0.05) is 26.2 Å². The van der Waals surface area contributed by atoms with E-state index in [-0.39, 0.29) is 18.0 Å². The molecule has 0 radical (unpaired) electrons. The molecule has 0 aliphatic carbocycles. The molecule has 26 heavy (non-hydrogen) atoms. The van der Waals surface area contributed by atoms with Gasteiger partial charge in [0.25, 0.3) is 0 Å². The van der Waals surface area contributed by atoms with Gasteiger partial charge in [0.2, 0.25) is 10.0 Å². The second-order valence-corrected chi connectivity index (χ2v) is 8.59. The Kier molecular flexibility index (Phi) is 7.86. The van der Waals surface area contributed by atoms with Crippen LogP contribution in [0.4, 0.5) is 0 Å². The molecule has 1 aliphatic rings. The van der Waals surface area contributed by atoms with Crippen molar-refractivity contribution in [3.8, 4) is 0 Å². The van der Waals surface area contributed by atoms with Crippen LogP contribution in [-0.2, 0) is 21.3 Å². The lowest BCUT2D eigenvalue weighted by atomic mass is 10.2. The standard InChI is InChI=1S/C18H30N4O3S/c1-4-19-18(21-12-17-8-6-5-7-9-17)20-10-11-26(23,24)22-13-15(2)25-16(3)14-22/h5-9,15-16H,4,10-14H2,1-3H3,(H2,19,20,21). The summed E-state index contributed by atoms with van der Waals surface area (Å²) in [7, 11) is -3.32. The number of rotatable bonds is 7. The molecule has 0 bridgehead atoms. The number of guanidine groups is 1. The lowest BCUT2D eigenvalue weighted by molar-refractivity contribution is -0.0440. The lowest BCUT2D eigenvalue weighted by Gasteiger charge is -2.34. The zero-order valence-corrected chi connectivity index (χ0v) is 16.6. The molecule has 2 unspecified atom stereocenters. The van der Waals surface area contributed by atoms with Gasteiger partial charge in [0.15, 0.2) is 5.96 Å². The number of sulfonamides is 1. The van der Waals surface area contributed by atoms with Crippen LogP contribution < -0.4 is 10.6 Å². The number of morpholine rings is 1. The highest BCUT2D eigenvalue weighted by atomic mass is 32.2. The highest BCUT2D eigenvalue weighted by Crippen LogP contribution is 2.14. The van der Waals surface area contributed by atoms with E-state index in [9.17, 15) is 8.42 Å². The Balaban J connectivity index is 1.88. The molecule has 2 N–H and O–H groups in total. The van der Waals surface area contributed by atoms with Crippen LogP contribution in [0.2, 0.25) is 0 Å². The summed E-state index contributed by atoms with van der Waals surface area (Å²) in [4.78, 5) is 4.51. The first-order valence-electron chi connectivity index (χ1n) is 9.10. The number of aliphatic imine (C=N–C) groups is 1. The topological polar surface area (TPSA) is 83.0 Å². The fraction of sp³-hybridized carbons (Fsp3) is 0.611. The Morgan fingerprint density at radius 1 is 1.19 bits per heavy atom. The molecule has 0 amide bonds. The van der Waals surface area contributed by atoms with Gasteiger partial charge in [-0.25, -0.2) is 13.4 Å². The van der Waals surface area contributed by atoms with E-state index in [1.807, 2.05) is 51.1 Å². The summed E-state index contributed by atoms with van der Waals surface area (Å²) in [6, 6.07) is 9.94. The van der Waals surface area contributed by atoms with Crippen molar-refractivity contribution in [1.82, 2.24) is 14.9 Å². The second kappa shape index (κ2) is 9.89. The third-order valence-corrected chi connectivity index (χ3v) is 5.84. The molecule has 2 rings (SSSR count). The molecule has 0 spiro atoms. The molecule has 0 aromatic heterocycles. The van der Waals surface area contributed by atoms with Crippen molar-refractivity contribution in [2.75, 3.05) is 31.9 Å². The Morgan fingerprint density at radius 2 is 1.85 bits per heavy atom. The second-order valence-electron chi connectivity index (χ2n) is 6.50. The Morgan fingerprint density at radius 3 is 2.46 bits per heavy atom. The zero-order chi connectivity index (χ0) is 19.0. The van der Waals surface area contributed by atoms with Crippen LogP contribution in [0.1, 0.15) is 26.3 Å². The van der Waals surface area contributed by atoms with Crippen molar-refractivity contribution >= 4 is 16.0 Å². The number of nitrogens with zero attached hydrogens (tertiary/aromatic N) is 2. The normalized spacial score (nSPS) is 22.2. The van der Waals surface area contributed by atoms with E-state index < -0.39 is 10.0 Å². The van der Waals surface area contributed by atoms with Crippen LogP contribution in [0.3, 0.4) is 0 Å². The van der Waals surface area contributed by atoms with Gasteiger partial charge < -0.3 is 15.4 Å². The van der Waals surface area contributed by atoms with Gasteiger partial charge in [0.1, 0.15) is 0 Å². The third kappa shape index (κ3) is 6.59. The molecule has 1 saturated heterocycles. The molecule has 8 heteroatoms. The Labute approximate surface area is 156 Å². The molecular weight excluding hydrogens is 352 g/mol. The summed E-state index contributed by atoms with van der Waals surface area (Å²) in [5.74, 6) is 0.651. The van der Waals surface area contributed by atoms with Crippen LogP contribution >= 0.6 is 0 Å². The predicted molar refractivity (Wildman–Crippen MR) is 105 cm³/mol. The molecule has 1 aromatic carbocycles. The summed E-state index contributed by atoms with van der Waals surface area (Å²) in [5, 5.41) is 6.25. The van der Waals surface area contributed by atoms with Crippen LogP contribution in [0.25, 0.3) is 0 Å². The number of ether oxygens (including phenoxy) is 1. The van der Waals surface area contributed by atoms with Crippen molar-refractivity contribution in [1.29, 1.82) is 0 Å². The lowest BCUT2D eigenvalue weighted by Crippen LogP contribution is -2.50. The largest absolute Gasteiger partial charge is 0.373 e. The molecular formula is C18H30N4O3S. The Bertz CT molecular complexity index is 669. The first-order chi connectivity index (χ1) is 12.4. The fourth-order valence-electron chi connectivity index (χ4n) is 2.88. The van der Waals surface area contributed by atoms with Gasteiger partial charge in [-0.2, -0.15) is 4.31 Å². The van der Waals surface area contributed by atoms with Gasteiger partial charge in [-0.15, -0.1) is 0 Å². The summed E-state index contributed by atoms with van der Waals surface area (Å²) in [5.41, 5.74) is 1.11. The van der Waals surface area contributed by atoms with E-state index in [2.05, 4.69) is 15.6 Å². The first-order valence-corrected chi connectivity index (χ1v) is 10.7. The van der Waals surface area contributed by atoms with E-state index in [1.165, 1.54) is 4.31 Å². The summed E-state index contributed by atoms with van der Waals surface area (Å²) in [6.45, 7) is 8.17. The average molecular weight is 383 g/mol. The van der Waals surface area contributed by atoms with Crippen LogP contribution in [0.15, 0.2) is 35.3 Å². The van der Waals surface area contributed by atoms with E-state index in [0.717, 1.165) is 5.56 Å². The highest BCUT2D eigenvalue weighted by molar-refractivity contribution is 7.89. The minimum Gasteiger partial charge on any atom is -0.373 e. The fourth-order valence-corrected chi connectivity index (χ4v) is 4.37. The number of benzene rings is 1. The zero-order valence-electron chi connectivity index (χ0n) is 15.8. The van der Waals surface area contributed by atoms with Gasteiger partial charge >= 0.3 is 0 Å². The Hall–Kier alpha value is -1.64. The van der Waals surface area contributed by atoms with Crippen LogP contribution in [0.5, 0.6) is 0 Å². The quantitative estimate of drug-likeness (QED) is 0.547. The maximum atomic E-state index is 12.6. The van der Waals surface area contributed by atoms with Gasteiger partial charge in [-0.05, 0) is 26.3 Å². The van der Waals surface area contributed by atoms with E-state index >= 15 is 0 Å². The predicted octanol–water partition coefficient (Wildman–Crippen LogP) is 1.18. The monoisotopic (exact) mass is 382 g/mol. The van der Waals surface area contributed by atoms with Crippen LogP contribution in [0, 0.1) is 0 Å². The third-order valence-electron chi connectivity index (χ3n) is 4.04. The van der Waals surface area contributed by atoms with E-state index in [1.54, 1.807) is 0 Å². The molecule has 1 aliphatic heterocycles. The maximum absolute atomic E-state index is 12.6. The molecule has 1 aromatic rings. The summed E-state index contributed by atoms with van der Waals surface area (Å²) in [6.07, 6.45) is -0.155. The SMILES string of the molecule is CCNC(=NCc1ccccc1)NCCS(=O)(=O)N1CC(C)OC(C)C1. The van der Waals surface area contributed by atoms with Gasteiger partial charge in [-0.1, -0.05) is 30.3 Å². The van der Waals surface area contributed by atoms with E-state index in [4.69, 9.17) is 4.74 Å². The summed E-state index contributed by atoms with van der Waals surface area (Å²) >= 11 is 0. The van der Waals surface area contributed by atoms with Crippen molar-refractivity contribution in [2.45, 2.75) is 39.5 Å². The van der Waals surface area contributed by atoms with Crippen molar-refractivity contribution < 1.29 is 13.2 Å². The molecule has 1 fully saturated rings. The number of hydrogen-bond acceptors (Lipinski definition) is 4. The van der Waals surface area contributed by atoms with Crippen LogP contribution in [-0.4, -0.2) is 62.8 Å². The molecule has 7 nitrogen and oxygen atoms in total. The number of nitrogens with one attached hydrogen (secondary N) is 2. The smallest absolute Gasteiger partial charge is 0.216 e. The number of hydrogen-bond donors (Lipinski definition) is 2. The maximum Gasteiger partial charge on any atom is 0.216 e. The average Bonchev–Trinajstić information content (AvgIpc) is 2.59. The molecule has 1 heterocycles. The van der Waals surface area contributed by atoms with Crippen molar-refractivity contribution in [3.05, 3.63) is 35.9 Å². The highest BCUT2D eigenvalue weighted by Gasteiger charge is 2.30. The van der Waals surface area contributed by atoms with Gasteiger partial charge in [0.05, 0.1) is 24.5 Å². The van der Waals surface area contributed by atoms with E-state index in [0.29, 0.717) is 38.7 Å². The minimum atomic E-state index is -3.32. The first kappa shape index (κ1) is 20.7. The van der Waals surface area contributed by atoms with Crippen molar-refractivity contribution in [3.63, 3.8) is 0 Å². The molecule has 0 saturated carbocycles. The van der Waals surface area contributed by atoms with Crippen molar-refractivity contribution in [2.24, 2.45) is 4.99 Å². The summed E-state index contributed by atoms with van der Waals surface area (Å²) < 4.78 is 32.3. The minimum absolute atomic E-state index is 0.0300. The van der Waals surface area contributed by atoms with Gasteiger partial charge in [-0.3, -0.25) is 0 Å².